The number of likely N-dealkylation sites (tertiary alicyclic amines) is 1. The second-order valence-electron chi connectivity index (χ2n) is 7.82. The number of nitrogens with one attached hydrogen (secondary N) is 1. The molecule has 3 atom stereocenters. The zero-order valence-corrected chi connectivity index (χ0v) is 16.0. The predicted octanol–water partition coefficient (Wildman–Crippen LogP) is 2.84. The molecule has 0 spiro atoms. The number of aryl methyl sites for hydroxylation is 1. The van der Waals surface area contributed by atoms with Crippen molar-refractivity contribution in [2.24, 2.45) is 5.92 Å². The number of hydrogen-bond donors (Lipinski definition) is 1. The summed E-state index contributed by atoms with van der Waals surface area (Å²) in [6.45, 7) is 11.3. The van der Waals surface area contributed by atoms with Crippen LogP contribution < -0.4 is 5.32 Å². The molecule has 2 heterocycles. The Kier molecular flexibility index (Phi) is 6.13. The van der Waals surface area contributed by atoms with Gasteiger partial charge in [-0.05, 0) is 43.2 Å². The largest absolute Gasteiger partial charge is 0.341 e. The lowest BCUT2D eigenvalue weighted by Crippen LogP contribution is -2.55. The second kappa shape index (κ2) is 8.33. The molecule has 4 heteroatoms. The van der Waals surface area contributed by atoms with Crippen LogP contribution in [0, 0.1) is 5.92 Å². The van der Waals surface area contributed by atoms with Gasteiger partial charge in [-0.25, -0.2) is 0 Å². The zero-order chi connectivity index (χ0) is 17.8. The summed E-state index contributed by atoms with van der Waals surface area (Å²) < 4.78 is 0. The molecule has 1 amide bonds. The van der Waals surface area contributed by atoms with E-state index in [0.717, 1.165) is 51.1 Å². The third kappa shape index (κ3) is 4.24. The van der Waals surface area contributed by atoms with E-state index in [-0.39, 0.29) is 6.04 Å². The van der Waals surface area contributed by atoms with E-state index in [1.165, 1.54) is 12.0 Å². The predicted molar refractivity (Wildman–Crippen MR) is 103 cm³/mol. The molecule has 0 aromatic heterocycles. The van der Waals surface area contributed by atoms with Crippen LogP contribution >= 0.6 is 0 Å². The molecule has 1 N–H and O–H groups in total. The highest BCUT2D eigenvalue weighted by atomic mass is 16.2. The van der Waals surface area contributed by atoms with Crippen LogP contribution in [0.3, 0.4) is 0 Å². The normalized spacial score (nSPS) is 26.4. The molecule has 138 valence electrons. The number of piperidine rings is 1. The molecule has 2 aliphatic heterocycles. The van der Waals surface area contributed by atoms with Crippen molar-refractivity contribution in [3.63, 3.8) is 0 Å². The van der Waals surface area contributed by atoms with Crippen molar-refractivity contribution in [2.75, 3.05) is 32.7 Å². The lowest BCUT2D eigenvalue weighted by atomic mass is 9.95. The number of amides is 1. The van der Waals surface area contributed by atoms with E-state index in [4.69, 9.17) is 0 Å². The van der Waals surface area contributed by atoms with Crippen molar-refractivity contribution >= 4 is 5.91 Å². The minimum Gasteiger partial charge on any atom is -0.341 e. The van der Waals surface area contributed by atoms with Crippen LogP contribution in [-0.2, 0) is 11.2 Å². The molecule has 2 saturated heterocycles. The highest BCUT2D eigenvalue weighted by Gasteiger charge is 2.36. The quantitative estimate of drug-likeness (QED) is 0.913. The second-order valence-corrected chi connectivity index (χ2v) is 7.82. The van der Waals surface area contributed by atoms with E-state index in [9.17, 15) is 4.79 Å². The van der Waals surface area contributed by atoms with Gasteiger partial charge in [0.05, 0.1) is 0 Å². The van der Waals surface area contributed by atoms with Crippen LogP contribution in [0.1, 0.15) is 50.8 Å². The van der Waals surface area contributed by atoms with Gasteiger partial charge >= 0.3 is 0 Å². The van der Waals surface area contributed by atoms with Gasteiger partial charge in [-0.3, -0.25) is 9.69 Å². The van der Waals surface area contributed by atoms with Crippen LogP contribution in [0.25, 0.3) is 0 Å². The third-order valence-corrected chi connectivity index (χ3v) is 5.79. The highest BCUT2D eigenvalue weighted by molar-refractivity contribution is 5.83. The Bertz CT molecular complexity index is 571. The monoisotopic (exact) mass is 343 g/mol. The van der Waals surface area contributed by atoms with Crippen molar-refractivity contribution in [3.05, 3.63) is 35.4 Å². The topological polar surface area (TPSA) is 35.6 Å². The first kappa shape index (κ1) is 18.4. The SMILES string of the molecule is CCc1ccc(C(C(=O)N2CCCC(C)C2)N2CCNCC2C)cc1. The van der Waals surface area contributed by atoms with E-state index >= 15 is 0 Å². The minimum atomic E-state index is -0.145. The molecule has 0 radical (unpaired) electrons. The van der Waals surface area contributed by atoms with E-state index < -0.39 is 0 Å². The van der Waals surface area contributed by atoms with E-state index in [0.29, 0.717) is 17.9 Å². The molecule has 0 aliphatic carbocycles. The van der Waals surface area contributed by atoms with Crippen molar-refractivity contribution < 1.29 is 4.79 Å². The molecule has 1 aromatic carbocycles. The number of hydrogen-bond acceptors (Lipinski definition) is 3. The van der Waals surface area contributed by atoms with Gasteiger partial charge in [-0.1, -0.05) is 38.1 Å². The average Bonchev–Trinajstić information content (AvgIpc) is 2.64. The van der Waals surface area contributed by atoms with Gasteiger partial charge in [0.25, 0.3) is 0 Å². The fourth-order valence-electron chi connectivity index (χ4n) is 4.21. The number of carbonyl (C=O) groups excluding carboxylic acids is 1. The van der Waals surface area contributed by atoms with Gasteiger partial charge in [0.2, 0.25) is 5.91 Å². The Morgan fingerprint density at radius 3 is 2.64 bits per heavy atom. The van der Waals surface area contributed by atoms with E-state index in [1.54, 1.807) is 0 Å². The van der Waals surface area contributed by atoms with Crippen LogP contribution in [0.15, 0.2) is 24.3 Å². The van der Waals surface area contributed by atoms with Crippen LogP contribution in [0.5, 0.6) is 0 Å². The Balaban J connectivity index is 1.88. The minimum absolute atomic E-state index is 0.145. The Labute approximate surface area is 152 Å². The van der Waals surface area contributed by atoms with E-state index in [1.807, 2.05) is 0 Å². The Morgan fingerprint density at radius 2 is 2.00 bits per heavy atom. The first-order valence-electron chi connectivity index (χ1n) is 9.94. The summed E-state index contributed by atoms with van der Waals surface area (Å²) in [5.41, 5.74) is 2.48. The molecule has 0 saturated carbocycles. The summed E-state index contributed by atoms with van der Waals surface area (Å²) in [6.07, 6.45) is 3.40. The van der Waals surface area contributed by atoms with Gasteiger partial charge in [-0.2, -0.15) is 0 Å². The van der Waals surface area contributed by atoms with Gasteiger partial charge in [0, 0.05) is 38.8 Å². The van der Waals surface area contributed by atoms with Gasteiger partial charge < -0.3 is 10.2 Å². The lowest BCUT2D eigenvalue weighted by Gasteiger charge is -2.42. The maximum atomic E-state index is 13.5. The molecule has 25 heavy (non-hydrogen) atoms. The number of rotatable bonds is 4. The van der Waals surface area contributed by atoms with Crippen molar-refractivity contribution in [2.45, 2.75) is 52.1 Å². The van der Waals surface area contributed by atoms with Crippen LogP contribution in [-0.4, -0.2) is 54.5 Å². The number of benzene rings is 1. The Hall–Kier alpha value is -1.39. The summed E-state index contributed by atoms with van der Waals surface area (Å²) in [4.78, 5) is 18.0. The first-order valence-corrected chi connectivity index (χ1v) is 9.94. The molecule has 3 unspecified atom stereocenters. The van der Waals surface area contributed by atoms with Gasteiger partial charge in [0.1, 0.15) is 6.04 Å². The third-order valence-electron chi connectivity index (χ3n) is 5.79. The van der Waals surface area contributed by atoms with Crippen molar-refractivity contribution in [3.8, 4) is 0 Å². The molecule has 2 fully saturated rings. The van der Waals surface area contributed by atoms with Crippen LogP contribution in [0.4, 0.5) is 0 Å². The Morgan fingerprint density at radius 1 is 1.24 bits per heavy atom. The van der Waals surface area contributed by atoms with Gasteiger partial charge in [-0.15, -0.1) is 0 Å². The molecule has 0 bridgehead atoms. The van der Waals surface area contributed by atoms with E-state index in [2.05, 4.69) is 60.2 Å². The van der Waals surface area contributed by atoms with Crippen LogP contribution in [0.2, 0.25) is 0 Å². The summed E-state index contributed by atoms with van der Waals surface area (Å²) in [6, 6.07) is 8.93. The average molecular weight is 344 g/mol. The standard InChI is InChI=1S/C21H33N3O/c1-4-18-7-9-19(10-8-18)20(24-13-11-22-14-17(24)3)21(25)23-12-5-6-16(2)15-23/h7-10,16-17,20,22H,4-6,11-15H2,1-3H3. The summed E-state index contributed by atoms with van der Waals surface area (Å²) in [5, 5.41) is 3.45. The maximum absolute atomic E-state index is 13.5. The van der Waals surface area contributed by atoms with Crippen molar-refractivity contribution in [1.29, 1.82) is 0 Å². The smallest absolute Gasteiger partial charge is 0.244 e. The molecule has 2 aliphatic rings. The summed E-state index contributed by atoms with van der Waals surface area (Å²) >= 11 is 0. The zero-order valence-electron chi connectivity index (χ0n) is 16.0. The fraction of sp³-hybridized carbons (Fsp3) is 0.667. The highest BCUT2D eigenvalue weighted by Crippen LogP contribution is 2.29. The molecule has 1 aromatic rings. The maximum Gasteiger partial charge on any atom is 0.244 e. The summed E-state index contributed by atoms with van der Waals surface area (Å²) in [7, 11) is 0. The lowest BCUT2D eigenvalue weighted by molar-refractivity contribution is -0.140. The molecule has 4 nitrogen and oxygen atoms in total. The first-order chi connectivity index (χ1) is 12.1. The molecule has 3 rings (SSSR count). The number of carbonyl (C=O) groups is 1. The summed E-state index contributed by atoms with van der Waals surface area (Å²) in [5.74, 6) is 0.908. The van der Waals surface area contributed by atoms with Crippen molar-refractivity contribution in [1.82, 2.24) is 15.1 Å². The molecular weight excluding hydrogens is 310 g/mol. The number of nitrogens with zero attached hydrogens (tertiary/aromatic N) is 2. The van der Waals surface area contributed by atoms with Gasteiger partial charge in [0.15, 0.2) is 0 Å². The molecular formula is C21H33N3O. The fourth-order valence-corrected chi connectivity index (χ4v) is 4.21. The number of piperazine rings is 1.